The number of rotatable bonds is 17. The molecule has 0 radical (unpaired) electrons. The Hall–Kier alpha value is -6.27. The molecule has 9 rings (SSSR count). The van der Waals surface area contributed by atoms with Gasteiger partial charge in [-0.3, -0.25) is 19.2 Å². The summed E-state index contributed by atoms with van der Waals surface area (Å²) in [6.07, 6.45) is 2.81. The van der Waals surface area contributed by atoms with E-state index >= 15 is 0 Å². The molecule has 0 aliphatic carbocycles. The smallest absolute Gasteiger partial charge is 0.248 e. The van der Waals surface area contributed by atoms with Gasteiger partial charge < -0.3 is 39.4 Å². The molecule has 6 aromatic heterocycles. The third kappa shape index (κ3) is 8.61. The number of primary amides is 2. The normalized spacial score (nSPS) is 14.4. The fraction of sp³-hybridized carbons (Fsp3) is 0.408. The van der Waals surface area contributed by atoms with E-state index in [1.54, 1.807) is 31.4 Å². The lowest BCUT2D eigenvalue weighted by molar-refractivity contribution is 0.0358. The second-order valence-electron chi connectivity index (χ2n) is 17.8. The number of carbonyl (C=O) groups excluding carboxylic acids is 2. The lowest BCUT2D eigenvalue weighted by Gasteiger charge is -2.26. The van der Waals surface area contributed by atoms with Crippen LogP contribution in [0.25, 0.3) is 66.9 Å². The molecule has 1 saturated heterocycles. The number of methoxy groups -OCH3 is 1. The van der Waals surface area contributed by atoms with Gasteiger partial charge in [-0.2, -0.15) is 5.10 Å². The van der Waals surface area contributed by atoms with Gasteiger partial charge in [-0.05, 0) is 87.9 Å². The minimum atomic E-state index is -0.603. The molecule has 1 aliphatic heterocycles. The van der Waals surface area contributed by atoms with Crippen molar-refractivity contribution < 1.29 is 23.8 Å². The van der Waals surface area contributed by atoms with E-state index in [1.165, 1.54) is 0 Å². The fourth-order valence-electron chi connectivity index (χ4n) is 9.50. The maximum Gasteiger partial charge on any atom is 0.248 e. The molecule has 7 heterocycles. The predicted octanol–water partition coefficient (Wildman–Crippen LogP) is 8.06. The van der Waals surface area contributed by atoms with Crippen molar-refractivity contribution in [1.82, 2.24) is 48.3 Å². The molecule has 68 heavy (non-hydrogen) atoms. The summed E-state index contributed by atoms with van der Waals surface area (Å²) < 4.78 is 26.4. The third-order valence-corrected chi connectivity index (χ3v) is 13.7. The van der Waals surface area contributed by atoms with Crippen molar-refractivity contribution in [3.05, 3.63) is 75.3 Å². The third-order valence-electron chi connectivity index (χ3n) is 13.1. The van der Waals surface area contributed by atoms with Crippen LogP contribution in [0.3, 0.4) is 0 Å². The van der Waals surface area contributed by atoms with Crippen LogP contribution in [0.2, 0.25) is 10.3 Å². The van der Waals surface area contributed by atoms with Crippen LogP contribution < -0.4 is 20.9 Å². The molecule has 1 fully saturated rings. The van der Waals surface area contributed by atoms with Crippen molar-refractivity contribution >= 4 is 78.9 Å². The van der Waals surface area contributed by atoms with Crippen LogP contribution in [-0.2, 0) is 30.9 Å². The average Bonchev–Trinajstić information content (AvgIpc) is 4.08. The number of nitrogens with zero attached hydrogens (tertiary/aromatic N) is 10. The van der Waals surface area contributed by atoms with Crippen LogP contribution in [0.5, 0.6) is 11.5 Å². The van der Waals surface area contributed by atoms with Crippen LogP contribution in [0.15, 0.2) is 42.6 Å². The average molecular weight is 964 g/mol. The Morgan fingerprint density at radius 3 is 1.87 bits per heavy atom. The van der Waals surface area contributed by atoms with Crippen LogP contribution in [0.1, 0.15) is 66.1 Å². The number of aryl methyl sites for hydroxylation is 4. The molecule has 19 heteroatoms. The Morgan fingerprint density at radius 2 is 1.32 bits per heavy atom. The molecule has 0 bridgehead atoms. The maximum absolute atomic E-state index is 12.9. The molecule has 0 spiro atoms. The molecular weight excluding hydrogens is 908 g/mol. The summed E-state index contributed by atoms with van der Waals surface area (Å²) in [5, 5.41) is 7.59. The summed E-state index contributed by atoms with van der Waals surface area (Å²) in [7, 11) is 1.56. The summed E-state index contributed by atoms with van der Waals surface area (Å²) in [4.78, 5) is 48.1. The molecule has 2 atom stereocenters. The van der Waals surface area contributed by atoms with E-state index in [-0.39, 0.29) is 33.3 Å². The first-order chi connectivity index (χ1) is 32.7. The molecule has 0 saturated carbocycles. The summed E-state index contributed by atoms with van der Waals surface area (Å²) in [5.41, 5.74) is 18.4. The highest BCUT2D eigenvalue weighted by molar-refractivity contribution is 6.37. The summed E-state index contributed by atoms with van der Waals surface area (Å²) >= 11 is 14.4. The maximum atomic E-state index is 12.9. The first kappa shape index (κ1) is 46.8. The van der Waals surface area contributed by atoms with Crippen molar-refractivity contribution in [3.8, 4) is 34.5 Å². The number of ether oxygens (including phenoxy) is 3. The Morgan fingerprint density at radius 1 is 0.765 bits per heavy atom. The number of halogens is 2. The molecule has 1 aliphatic rings. The zero-order chi connectivity index (χ0) is 48.1. The van der Waals surface area contributed by atoms with E-state index < -0.39 is 11.8 Å². The largest absolute Gasteiger partial charge is 0.495 e. The summed E-state index contributed by atoms with van der Waals surface area (Å²) in [6, 6.07) is 10.8. The van der Waals surface area contributed by atoms with Crippen molar-refractivity contribution in [1.29, 1.82) is 0 Å². The Labute approximate surface area is 403 Å². The number of aromatic nitrogens is 9. The number of fused-ring (bicyclic) bond motifs is 6. The first-order valence-electron chi connectivity index (χ1n) is 23.0. The van der Waals surface area contributed by atoms with Gasteiger partial charge in [0.1, 0.15) is 38.8 Å². The number of amides is 2. The van der Waals surface area contributed by atoms with Crippen LogP contribution >= 0.6 is 23.2 Å². The second-order valence-corrected chi connectivity index (χ2v) is 18.5. The lowest BCUT2D eigenvalue weighted by atomic mass is 9.95. The van der Waals surface area contributed by atoms with Gasteiger partial charge in [-0.25, -0.2) is 19.9 Å². The van der Waals surface area contributed by atoms with E-state index in [9.17, 15) is 9.59 Å². The highest BCUT2D eigenvalue weighted by Crippen LogP contribution is 2.43. The van der Waals surface area contributed by atoms with Gasteiger partial charge in [0.2, 0.25) is 11.8 Å². The highest BCUT2D eigenvalue weighted by atomic mass is 35.5. The van der Waals surface area contributed by atoms with Gasteiger partial charge in [0.05, 0.1) is 60.1 Å². The molecule has 4 N–H and O–H groups in total. The summed E-state index contributed by atoms with van der Waals surface area (Å²) in [6.45, 7) is 19.0. The van der Waals surface area contributed by atoms with Gasteiger partial charge in [-0.15, -0.1) is 0 Å². The van der Waals surface area contributed by atoms with E-state index in [0.717, 1.165) is 54.2 Å². The van der Waals surface area contributed by atoms with Crippen LogP contribution in [0, 0.1) is 25.7 Å². The topological polar surface area (TPSA) is 201 Å². The van der Waals surface area contributed by atoms with Crippen molar-refractivity contribution in [3.63, 3.8) is 0 Å². The van der Waals surface area contributed by atoms with E-state index in [4.69, 9.17) is 68.8 Å². The molecule has 17 nitrogen and oxygen atoms in total. The highest BCUT2D eigenvalue weighted by Gasteiger charge is 2.29. The van der Waals surface area contributed by atoms with Crippen LogP contribution in [0.4, 0.5) is 0 Å². The zero-order valence-electron chi connectivity index (χ0n) is 39.4. The SMILES string of the molecule is CCn1cc(C)cc1-c1nc(Cl)c2c3cc(C(N)=O)cc(OC)c3n(CC(C)C(C)Cn3c4nc(-c5cc(C)nn5CC)nc(Cl)c4c4cc(C(N)=O)cc(OCCCN5CCOCC5)c43)c2n1. The Balaban J connectivity index is 1.18. The predicted molar refractivity (Wildman–Crippen MR) is 265 cm³/mol. The number of hydrogen-bond donors (Lipinski definition) is 2. The number of carbonyl (C=O) groups is 2. The Kier molecular flexibility index (Phi) is 13.1. The molecule has 356 valence electrons. The fourth-order valence-corrected chi connectivity index (χ4v) is 10.0. The standard InChI is InChI=1S/C49H56Cl2N12O5/c1-8-60-23-26(3)17-34(60)46-54-42(50)38-32-19-30(44(52)64)21-36(66-7)40(32)61(48(38)56-46)24-27(4)28(5)25-62-41-33(39-43(51)55-47(57-49(39)62)35-18-29(6)58-63(35)9-2)20-31(45(53)65)22-37(41)68-14-10-11-59-12-15-67-16-13-59/h17-23,27-28H,8-16,24-25H2,1-7H3,(H2,52,64)(H2,53,65). The van der Waals surface area contributed by atoms with E-state index in [1.807, 2.05) is 37.6 Å². The van der Waals surface area contributed by atoms with Crippen molar-refractivity contribution in [2.75, 3.05) is 46.6 Å². The number of benzene rings is 2. The van der Waals surface area contributed by atoms with Gasteiger partial charge in [0, 0.05) is 73.9 Å². The number of nitrogens with two attached hydrogens (primary N) is 2. The van der Waals surface area contributed by atoms with Crippen molar-refractivity contribution in [2.24, 2.45) is 23.3 Å². The second kappa shape index (κ2) is 19.0. The number of morpholine rings is 1. The van der Waals surface area contributed by atoms with Gasteiger partial charge in [0.25, 0.3) is 0 Å². The monoisotopic (exact) mass is 962 g/mol. The van der Waals surface area contributed by atoms with Gasteiger partial charge in [0.15, 0.2) is 11.6 Å². The zero-order valence-corrected chi connectivity index (χ0v) is 40.9. The van der Waals surface area contributed by atoms with Crippen LogP contribution in [-0.4, -0.2) is 107 Å². The molecular formula is C49H56Cl2N12O5. The first-order valence-corrected chi connectivity index (χ1v) is 23.8. The molecule has 2 unspecified atom stereocenters. The quantitative estimate of drug-likeness (QED) is 0.0661. The molecule has 2 aromatic carbocycles. The van der Waals surface area contributed by atoms with E-state index in [0.29, 0.717) is 108 Å². The Bertz CT molecular complexity index is 3260. The minimum Gasteiger partial charge on any atom is -0.495 e. The van der Waals surface area contributed by atoms with Gasteiger partial charge >= 0.3 is 0 Å². The van der Waals surface area contributed by atoms with Gasteiger partial charge in [-0.1, -0.05) is 37.0 Å². The summed E-state index contributed by atoms with van der Waals surface area (Å²) in [5.74, 6) is 0.523. The van der Waals surface area contributed by atoms with E-state index in [2.05, 4.69) is 50.7 Å². The number of hydrogen-bond acceptors (Lipinski definition) is 11. The minimum absolute atomic E-state index is 0.0514. The van der Waals surface area contributed by atoms with Crippen molar-refractivity contribution in [2.45, 2.75) is 74.1 Å². The molecule has 2 amide bonds. The molecule has 8 aromatic rings. The lowest BCUT2D eigenvalue weighted by Crippen LogP contribution is -2.37.